The fraction of sp³-hybridized carbons (Fsp3) is 0.111. The molecule has 0 saturated carbocycles. The van der Waals surface area contributed by atoms with E-state index in [1.165, 1.54) is 13.0 Å². The minimum Gasteiger partial charge on any atom is -0.488 e. The highest BCUT2D eigenvalue weighted by Crippen LogP contribution is 2.22. The van der Waals surface area contributed by atoms with Crippen LogP contribution < -0.4 is 10.1 Å². The lowest BCUT2D eigenvalue weighted by atomic mass is 10.1. The van der Waals surface area contributed by atoms with E-state index in [0.717, 1.165) is 10.0 Å². The van der Waals surface area contributed by atoms with Gasteiger partial charge in [0.15, 0.2) is 0 Å². The molecule has 1 amide bonds. The second kappa shape index (κ2) is 8.31. The number of benzene rings is 2. The minimum atomic E-state index is -1.22. The van der Waals surface area contributed by atoms with Crippen molar-refractivity contribution in [1.29, 1.82) is 0 Å². The molecular weight excluding hydrogens is 374 g/mol. The summed E-state index contributed by atoms with van der Waals surface area (Å²) in [4.78, 5) is 22.4. The Kier molecular flexibility index (Phi) is 6.14. The zero-order valence-electron chi connectivity index (χ0n) is 13.0. The number of carbonyl (C=O) groups is 2. The van der Waals surface area contributed by atoms with Gasteiger partial charge in [-0.3, -0.25) is 4.79 Å². The Morgan fingerprint density at radius 2 is 1.96 bits per heavy atom. The monoisotopic (exact) mass is 389 g/mol. The van der Waals surface area contributed by atoms with Crippen molar-refractivity contribution in [3.05, 3.63) is 69.8 Å². The molecule has 0 bridgehead atoms. The minimum absolute atomic E-state index is 0.207. The third-order valence-electron chi connectivity index (χ3n) is 3.04. The van der Waals surface area contributed by atoms with Crippen LogP contribution in [0.4, 0.5) is 0 Å². The molecule has 0 unspecified atom stereocenters. The Morgan fingerprint density at radius 1 is 1.21 bits per heavy atom. The van der Waals surface area contributed by atoms with Gasteiger partial charge < -0.3 is 15.2 Å². The number of aliphatic carboxylic acids is 1. The van der Waals surface area contributed by atoms with Crippen LogP contribution in [0.15, 0.2) is 58.7 Å². The third-order valence-corrected chi connectivity index (χ3v) is 3.54. The van der Waals surface area contributed by atoms with E-state index in [1.807, 2.05) is 24.3 Å². The van der Waals surface area contributed by atoms with Crippen LogP contribution in [-0.2, 0) is 16.2 Å². The Bertz CT molecular complexity index is 786. The van der Waals surface area contributed by atoms with Gasteiger partial charge in [-0.1, -0.05) is 46.3 Å². The highest BCUT2D eigenvalue weighted by atomic mass is 79.9. The molecular formula is C18H16BrNO4. The number of ether oxygens (including phenoxy) is 1. The fourth-order valence-corrected chi connectivity index (χ4v) is 2.46. The summed E-state index contributed by atoms with van der Waals surface area (Å²) in [5, 5.41) is 11.5. The predicted octanol–water partition coefficient (Wildman–Crippen LogP) is 3.59. The summed E-state index contributed by atoms with van der Waals surface area (Å²) in [7, 11) is 0. The van der Waals surface area contributed by atoms with Crippen LogP contribution in [-0.4, -0.2) is 17.0 Å². The van der Waals surface area contributed by atoms with E-state index in [0.29, 0.717) is 17.9 Å². The number of carboxylic acids is 1. The maximum atomic E-state index is 11.2. The number of halogens is 1. The van der Waals surface area contributed by atoms with Gasteiger partial charge in [0, 0.05) is 17.0 Å². The van der Waals surface area contributed by atoms with Crippen molar-refractivity contribution in [1.82, 2.24) is 5.32 Å². The van der Waals surface area contributed by atoms with E-state index < -0.39 is 11.9 Å². The lowest BCUT2D eigenvalue weighted by Crippen LogP contribution is -2.24. The molecule has 0 saturated heterocycles. The summed E-state index contributed by atoms with van der Waals surface area (Å²) in [5.74, 6) is -1.13. The van der Waals surface area contributed by atoms with Gasteiger partial charge in [-0.25, -0.2) is 4.79 Å². The fourth-order valence-electron chi connectivity index (χ4n) is 2.02. The van der Waals surface area contributed by atoms with E-state index in [1.54, 1.807) is 24.3 Å². The van der Waals surface area contributed by atoms with Gasteiger partial charge in [0.2, 0.25) is 5.91 Å². The smallest absolute Gasteiger partial charge is 0.352 e. The zero-order valence-corrected chi connectivity index (χ0v) is 14.5. The molecule has 2 aromatic carbocycles. The Labute approximate surface area is 148 Å². The highest BCUT2D eigenvalue weighted by molar-refractivity contribution is 9.10. The van der Waals surface area contributed by atoms with E-state index in [4.69, 9.17) is 4.74 Å². The SMILES string of the molecule is CC(=O)N/C(=C/c1ccccc1OCc1cccc(Br)c1)C(=O)O. The van der Waals surface area contributed by atoms with E-state index in [9.17, 15) is 14.7 Å². The van der Waals surface area contributed by atoms with Crippen molar-refractivity contribution in [2.24, 2.45) is 0 Å². The van der Waals surface area contributed by atoms with Gasteiger partial charge in [-0.15, -0.1) is 0 Å². The number of carboxylic acid groups (broad SMARTS) is 1. The largest absolute Gasteiger partial charge is 0.488 e. The normalized spacial score (nSPS) is 11.0. The first kappa shape index (κ1) is 17.7. The molecule has 6 heteroatoms. The van der Waals surface area contributed by atoms with Crippen molar-refractivity contribution in [2.45, 2.75) is 13.5 Å². The molecule has 0 fully saturated rings. The Hall–Kier alpha value is -2.60. The number of hydrogen-bond donors (Lipinski definition) is 2. The van der Waals surface area contributed by atoms with Gasteiger partial charge in [0.25, 0.3) is 0 Å². The molecule has 0 aliphatic rings. The van der Waals surface area contributed by atoms with Crippen LogP contribution in [0.5, 0.6) is 5.75 Å². The van der Waals surface area contributed by atoms with Crippen LogP contribution >= 0.6 is 15.9 Å². The molecule has 0 aliphatic carbocycles. The van der Waals surface area contributed by atoms with Gasteiger partial charge in [0.05, 0.1) is 0 Å². The van der Waals surface area contributed by atoms with Crippen molar-refractivity contribution >= 4 is 33.9 Å². The van der Waals surface area contributed by atoms with Gasteiger partial charge in [0.1, 0.15) is 18.1 Å². The molecule has 0 spiro atoms. The Morgan fingerprint density at radius 3 is 2.62 bits per heavy atom. The summed E-state index contributed by atoms with van der Waals surface area (Å²) >= 11 is 3.40. The Balaban J connectivity index is 2.23. The van der Waals surface area contributed by atoms with E-state index in [2.05, 4.69) is 21.2 Å². The van der Waals surface area contributed by atoms with Crippen LogP contribution in [0.3, 0.4) is 0 Å². The summed E-state index contributed by atoms with van der Waals surface area (Å²) in [5.41, 5.74) is 1.34. The van der Waals surface area contributed by atoms with Gasteiger partial charge >= 0.3 is 5.97 Å². The average Bonchev–Trinajstić information content (AvgIpc) is 2.53. The number of hydrogen-bond acceptors (Lipinski definition) is 3. The number of amides is 1. The summed E-state index contributed by atoms with van der Waals surface area (Å²) < 4.78 is 6.75. The molecule has 2 N–H and O–H groups in total. The molecule has 0 atom stereocenters. The maximum absolute atomic E-state index is 11.2. The van der Waals surface area contributed by atoms with Crippen molar-refractivity contribution in [3.8, 4) is 5.75 Å². The lowest BCUT2D eigenvalue weighted by molar-refractivity contribution is -0.134. The maximum Gasteiger partial charge on any atom is 0.352 e. The van der Waals surface area contributed by atoms with E-state index >= 15 is 0 Å². The molecule has 0 radical (unpaired) electrons. The first-order chi connectivity index (χ1) is 11.5. The lowest BCUT2D eigenvalue weighted by Gasteiger charge is -2.10. The van der Waals surface area contributed by atoms with Crippen molar-refractivity contribution < 1.29 is 19.4 Å². The van der Waals surface area contributed by atoms with Crippen LogP contribution in [0.1, 0.15) is 18.1 Å². The summed E-state index contributed by atoms with van der Waals surface area (Å²) in [6.07, 6.45) is 1.37. The first-order valence-corrected chi connectivity index (χ1v) is 7.94. The number of rotatable bonds is 6. The van der Waals surface area contributed by atoms with Crippen LogP contribution in [0, 0.1) is 0 Å². The standard InChI is InChI=1S/C18H16BrNO4/c1-12(21)20-16(18(22)23)10-14-6-2-3-8-17(14)24-11-13-5-4-7-15(19)9-13/h2-10H,11H2,1H3,(H,20,21)(H,22,23)/b16-10+. The third kappa shape index (κ3) is 5.24. The average molecular weight is 390 g/mol. The number of para-hydroxylation sites is 1. The first-order valence-electron chi connectivity index (χ1n) is 7.14. The second-order valence-corrected chi connectivity index (χ2v) is 5.92. The van der Waals surface area contributed by atoms with Crippen LogP contribution in [0.2, 0.25) is 0 Å². The molecule has 24 heavy (non-hydrogen) atoms. The predicted molar refractivity (Wildman–Crippen MR) is 94.3 cm³/mol. The van der Waals surface area contributed by atoms with Crippen LogP contribution in [0.25, 0.3) is 6.08 Å². The molecule has 5 nitrogen and oxygen atoms in total. The number of carbonyl (C=O) groups excluding carboxylic acids is 1. The van der Waals surface area contributed by atoms with Gasteiger partial charge in [-0.2, -0.15) is 0 Å². The molecule has 0 aliphatic heterocycles. The van der Waals surface area contributed by atoms with Crippen molar-refractivity contribution in [3.63, 3.8) is 0 Å². The molecule has 0 aromatic heterocycles. The van der Waals surface area contributed by atoms with Gasteiger partial charge in [-0.05, 0) is 29.8 Å². The molecule has 2 aromatic rings. The van der Waals surface area contributed by atoms with E-state index in [-0.39, 0.29) is 5.70 Å². The number of nitrogens with one attached hydrogen (secondary N) is 1. The summed E-state index contributed by atoms with van der Waals surface area (Å²) in [6, 6.07) is 14.7. The molecule has 124 valence electrons. The summed E-state index contributed by atoms with van der Waals surface area (Å²) in [6.45, 7) is 1.60. The molecule has 0 heterocycles. The van der Waals surface area contributed by atoms with Crippen molar-refractivity contribution in [2.75, 3.05) is 0 Å². The zero-order chi connectivity index (χ0) is 17.5. The topological polar surface area (TPSA) is 75.6 Å². The highest BCUT2D eigenvalue weighted by Gasteiger charge is 2.11. The quantitative estimate of drug-likeness (QED) is 0.740. The molecule has 2 rings (SSSR count). The second-order valence-electron chi connectivity index (χ2n) is 5.00.